The highest BCUT2D eigenvalue weighted by Crippen LogP contribution is 2.21. The third-order valence-corrected chi connectivity index (χ3v) is 6.31. The highest BCUT2D eigenvalue weighted by Gasteiger charge is 2.33. The molecule has 0 aromatic rings. The molecule has 0 bridgehead atoms. The molecule has 3 N–H and O–H groups in total. The van der Waals surface area contributed by atoms with Crippen molar-refractivity contribution in [3.05, 3.63) is 0 Å². The van der Waals surface area contributed by atoms with Crippen LogP contribution in [-0.4, -0.2) is 39.7 Å². The maximum atomic E-state index is 5.86. The van der Waals surface area contributed by atoms with E-state index in [0.717, 1.165) is 25.9 Å². The number of hydrogen-bond donors (Lipinski definition) is 2. The Balaban J connectivity index is 2.29. The summed E-state index contributed by atoms with van der Waals surface area (Å²) >= 11 is 0. The van der Waals surface area contributed by atoms with Gasteiger partial charge in [-0.3, -0.25) is 0 Å². The molecule has 1 rings (SSSR count). The zero-order valence-electron chi connectivity index (χ0n) is 9.51. The molecule has 1 atom stereocenters. The molecule has 0 radical (unpaired) electrons. The smallest absolute Gasteiger partial charge is 0.0958 e. The lowest BCUT2D eigenvalue weighted by Crippen LogP contribution is -2.53. The Labute approximate surface area is 88.4 Å². The third-order valence-electron chi connectivity index (χ3n) is 2.95. The van der Waals surface area contributed by atoms with Gasteiger partial charge in [-0.15, -0.1) is 0 Å². The standard InChI is InChI=1S/C10H24N2OSi/c1-14(2,9-12-7-6-11)10-5-3-4-8-13-10/h10,12H,3-9,11H2,1-2H3. The van der Waals surface area contributed by atoms with E-state index in [2.05, 4.69) is 18.4 Å². The molecule has 1 heterocycles. The minimum absolute atomic E-state index is 0.557. The second-order valence-electron chi connectivity index (χ2n) is 4.81. The van der Waals surface area contributed by atoms with Crippen LogP contribution in [0.25, 0.3) is 0 Å². The SMILES string of the molecule is C[Si](C)(CNCCN)C1CCCCO1. The number of nitrogens with two attached hydrogens (primary N) is 1. The summed E-state index contributed by atoms with van der Waals surface area (Å²) in [6.45, 7) is 7.45. The Morgan fingerprint density at radius 1 is 1.43 bits per heavy atom. The van der Waals surface area contributed by atoms with E-state index in [9.17, 15) is 0 Å². The quantitative estimate of drug-likeness (QED) is 0.530. The predicted molar refractivity (Wildman–Crippen MR) is 63.0 cm³/mol. The highest BCUT2D eigenvalue weighted by molar-refractivity contribution is 6.78. The van der Waals surface area contributed by atoms with E-state index < -0.39 is 8.07 Å². The number of nitrogens with one attached hydrogen (secondary N) is 1. The molecule has 1 saturated heterocycles. The number of ether oxygens (including phenoxy) is 1. The Hall–Kier alpha value is 0.0969. The van der Waals surface area contributed by atoms with Gasteiger partial charge in [-0.2, -0.15) is 0 Å². The van der Waals surface area contributed by atoms with Gasteiger partial charge in [0.25, 0.3) is 0 Å². The van der Waals surface area contributed by atoms with E-state index in [1.807, 2.05) is 0 Å². The summed E-state index contributed by atoms with van der Waals surface area (Å²) in [5.41, 5.74) is 6.01. The van der Waals surface area contributed by atoms with Crippen molar-refractivity contribution in [1.82, 2.24) is 5.32 Å². The molecule has 1 fully saturated rings. The molecule has 84 valence electrons. The molecule has 3 nitrogen and oxygen atoms in total. The number of hydrogen-bond acceptors (Lipinski definition) is 3. The molecule has 0 spiro atoms. The van der Waals surface area contributed by atoms with Crippen molar-refractivity contribution in [1.29, 1.82) is 0 Å². The van der Waals surface area contributed by atoms with Gasteiger partial charge in [0.15, 0.2) is 0 Å². The van der Waals surface area contributed by atoms with Crippen molar-refractivity contribution in [3.63, 3.8) is 0 Å². The van der Waals surface area contributed by atoms with E-state index in [4.69, 9.17) is 10.5 Å². The molecule has 14 heavy (non-hydrogen) atoms. The molecule has 0 aliphatic carbocycles. The summed E-state index contributed by atoms with van der Waals surface area (Å²) in [6.07, 6.45) is 4.99. The normalized spacial score (nSPS) is 23.8. The largest absolute Gasteiger partial charge is 0.382 e. The molecule has 4 heteroatoms. The summed E-state index contributed by atoms with van der Waals surface area (Å²) in [5, 5.41) is 3.43. The lowest BCUT2D eigenvalue weighted by molar-refractivity contribution is 0.0596. The van der Waals surface area contributed by atoms with Gasteiger partial charge in [0, 0.05) is 25.4 Å². The van der Waals surface area contributed by atoms with Crippen molar-refractivity contribution < 1.29 is 4.74 Å². The van der Waals surface area contributed by atoms with E-state index in [0.29, 0.717) is 5.73 Å². The first-order valence-electron chi connectivity index (χ1n) is 5.69. The molecule has 0 saturated carbocycles. The van der Waals surface area contributed by atoms with Crippen molar-refractivity contribution in [2.75, 3.05) is 25.9 Å². The first-order valence-corrected chi connectivity index (χ1v) is 8.97. The fourth-order valence-corrected chi connectivity index (χ4v) is 4.59. The molecular weight excluding hydrogens is 192 g/mol. The monoisotopic (exact) mass is 216 g/mol. The summed E-state index contributed by atoms with van der Waals surface area (Å²) in [4.78, 5) is 0. The fraction of sp³-hybridized carbons (Fsp3) is 1.00. The van der Waals surface area contributed by atoms with Crippen molar-refractivity contribution in [2.24, 2.45) is 5.73 Å². The lowest BCUT2D eigenvalue weighted by Gasteiger charge is -2.35. The van der Waals surface area contributed by atoms with Crippen LogP contribution in [0.15, 0.2) is 0 Å². The highest BCUT2D eigenvalue weighted by atomic mass is 28.3. The van der Waals surface area contributed by atoms with Gasteiger partial charge >= 0.3 is 0 Å². The zero-order valence-corrected chi connectivity index (χ0v) is 10.5. The third kappa shape index (κ3) is 3.69. The van der Waals surface area contributed by atoms with Crippen LogP contribution in [0.4, 0.5) is 0 Å². The van der Waals surface area contributed by atoms with Gasteiger partial charge < -0.3 is 15.8 Å². The summed E-state index contributed by atoms with van der Waals surface area (Å²) in [7, 11) is -1.23. The van der Waals surface area contributed by atoms with Crippen LogP contribution >= 0.6 is 0 Å². The van der Waals surface area contributed by atoms with E-state index in [-0.39, 0.29) is 0 Å². The molecular formula is C10H24N2OSi. The van der Waals surface area contributed by atoms with Gasteiger partial charge in [0.05, 0.1) is 8.07 Å². The zero-order chi connectivity index (χ0) is 10.4. The maximum absolute atomic E-state index is 5.86. The summed E-state index contributed by atoms with van der Waals surface area (Å²) in [6, 6.07) is 0. The van der Waals surface area contributed by atoms with Gasteiger partial charge in [-0.1, -0.05) is 13.1 Å². The van der Waals surface area contributed by atoms with Crippen LogP contribution < -0.4 is 11.1 Å². The fourth-order valence-electron chi connectivity index (χ4n) is 1.98. The molecule has 0 amide bonds. The average molecular weight is 216 g/mol. The van der Waals surface area contributed by atoms with E-state index >= 15 is 0 Å². The Morgan fingerprint density at radius 3 is 2.79 bits per heavy atom. The van der Waals surface area contributed by atoms with Crippen LogP contribution in [0, 0.1) is 0 Å². The average Bonchev–Trinajstić information content (AvgIpc) is 2.19. The van der Waals surface area contributed by atoms with Gasteiger partial charge in [-0.25, -0.2) is 0 Å². The van der Waals surface area contributed by atoms with Crippen molar-refractivity contribution in [2.45, 2.75) is 38.1 Å². The van der Waals surface area contributed by atoms with Crippen molar-refractivity contribution >= 4 is 8.07 Å². The minimum Gasteiger partial charge on any atom is -0.382 e. The second kappa shape index (κ2) is 5.85. The van der Waals surface area contributed by atoms with Crippen molar-refractivity contribution in [3.8, 4) is 0 Å². The topological polar surface area (TPSA) is 47.3 Å². The Kier molecular flexibility index (Phi) is 5.09. The Morgan fingerprint density at radius 2 is 2.21 bits per heavy atom. The lowest BCUT2D eigenvalue weighted by atomic mass is 10.2. The molecule has 1 aliphatic rings. The van der Waals surface area contributed by atoms with Crippen LogP contribution in [0.1, 0.15) is 19.3 Å². The molecule has 0 aromatic heterocycles. The van der Waals surface area contributed by atoms with Crippen LogP contribution in [-0.2, 0) is 4.74 Å². The van der Waals surface area contributed by atoms with Crippen LogP contribution in [0.3, 0.4) is 0 Å². The van der Waals surface area contributed by atoms with E-state index in [1.165, 1.54) is 19.3 Å². The molecule has 0 aromatic carbocycles. The minimum atomic E-state index is -1.23. The van der Waals surface area contributed by atoms with Gasteiger partial charge in [0.2, 0.25) is 0 Å². The van der Waals surface area contributed by atoms with Crippen LogP contribution in [0.5, 0.6) is 0 Å². The summed E-state index contributed by atoms with van der Waals surface area (Å²) < 4.78 is 5.86. The predicted octanol–water partition coefficient (Wildman–Crippen LogP) is 0.891. The van der Waals surface area contributed by atoms with Gasteiger partial charge in [-0.05, 0) is 25.4 Å². The molecule has 1 aliphatic heterocycles. The summed E-state index contributed by atoms with van der Waals surface area (Å²) in [5.74, 6) is 0. The van der Waals surface area contributed by atoms with Crippen LogP contribution in [0.2, 0.25) is 13.1 Å². The first-order chi connectivity index (χ1) is 6.67. The first kappa shape index (κ1) is 12.2. The van der Waals surface area contributed by atoms with Gasteiger partial charge in [0.1, 0.15) is 0 Å². The number of rotatable bonds is 5. The Bertz CT molecular complexity index is 158. The van der Waals surface area contributed by atoms with E-state index in [1.54, 1.807) is 0 Å². The second-order valence-corrected chi connectivity index (χ2v) is 9.78. The molecule has 1 unspecified atom stereocenters. The maximum Gasteiger partial charge on any atom is 0.0958 e.